The lowest BCUT2D eigenvalue weighted by atomic mass is 10.0. The summed E-state index contributed by atoms with van der Waals surface area (Å²) in [6, 6.07) is 10.5. The van der Waals surface area contributed by atoms with Crippen molar-refractivity contribution in [2.75, 3.05) is 7.11 Å². The van der Waals surface area contributed by atoms with Crippen LogP contribution in [0.3, 0.4) is 0 Å². The molecule has 4 heteroatoms. The summed E-state index contributed by atoms with van der Waals surface area (Å²) in [7, 11) is 1.42. The lowest BCUT2D eigenvalue weighted by Crippen LogP contribution is -2.04. The molecule has 0 spiro atoms. The molecule has 3 aromatic rings. The Morgan fingerprint density at radius 2 is 1.84 bits per heavy atom. The van der Waals surface area contributed by atoms with Crippen molar-refractivity contribution in [1.82, 2.24) is 0 Å². The first-order valence-corrected chi connectivity index (χ1v) is 9.12. The number of hydrogen-bond acceptors (Lipinski definition) is 4. The molecule has 0 saturated heterocycles. The van der Waals surface area contributed by atoms with Crippen molar-refractivity contribution in [3.8, 4) is 5.75 Å². The van der Waals surface area contributed by atoms with Crippen LogP contribution < -0.4 is 4.74 Å². The Morgan fingerprint density at radius 1 is 1.04 bits per heavy atom. The topological polar surface area (TPSA) is 35.5 Å². The zero-order chi connectivity index (χ0) is 18.0. The van der Waals surface area contributed by atoms with Gasteiger partial charge in [-0.15, -0.1) is 11.3 Å². The molecule has 0 atom stereocenters. The molecule has 3 nitrogen and oxygen atoms in total. The van der Waals surface area contributed by atoms with Crippen LogP contribution in [0.25, 0.3) is 10.1 Å². The first-order chi connectivity index (χ1) is 12.0. The highest BCUT2D eigenvalue weighted by Gasteiger charge is 2.13. The van der Waals surface area contributed by atoms with Gasteiger partial charge in [0.1, 0.15) is 12.4 Å². The SMILES string of the molecule is COC(=O)Cc1csc2cc(OCc3ccc(C)cc3C)cc(C)c12. The van der Waals surface area contributed by atoms with Gasteiger partial charge < -0.3 is 9.47 Å². The number of aryl methyl sites for hydroxylation is 3. The average molecular weight is 354 g/mol. The third-order valence-electron chi connectivity index (χ3n) is 4.38. The van der Waals surface area contributed by atoms with E-state index in [4.69, 9.17) is 9.47 Å². The van der Waals surface area contributed by atoms with Gasteiger partial charge in [0.2, 0.25) is 0 Å². The first-order valence-electron chi connectivity index (χ1n) is 8.24. The molecule has 25 heavy (non-hydrogen) atoms. The molecule has 0 unspecified atom stereocenters. The molecular weight excluding hydrogens is 332 g/mol. The van der Waals surface area contributed by atoms with Gasteiger partial charge in [0.15, 0.2) is 0 Å². The zero-order valence-electron chi connectivity index (χ0n) is 15.0. The van der Waals surface area contributed by atoms with Gasteiger partial charge in [0.25, 0.3) is 0 Å². The van der Waals surface area contributed by atoms with E-state index < -0.39 is 0 Å². The summed E-state index contributed by atoms with van der Waals surface area (Å²) in [5, 5.41) is 3.16. The van der Waals surface area contributed by atoms with Crippen molar-refractivity contribution in [2.45, 2.75) is 33.8 Å². The third-order valence-corrected chi connectivity index (χ3v) is 5.36. The lowest BCUT2D eigenvalue weighted by molar-refractivity contribution is -0.139. The van der Waals surface area contributed by atoms with Crippen molar-refractivity contribution in [3.05, 3.63) is 63.5 Å². The van der Waals surface area contributed by atoms with Crippen LogP contribution in [-0.4, -0.2) is 13.1 Å². The van der Waals surface area contributed by atoms with Crippen molar-refractivity contribution in [2.24, 2.45) is 0 Å². The second-order valence-electron chi connectivity index (χ2n) is 6.35. The Labute approximate surface area is 152 Å². The van der Waals surface area contributed by atoms with E-state index in [9.17, 15) is 4.79 Å². The van der Waals surface area contributed by atoms with Gasteiger partial charge in [0.05, 0.1) is 13.5 Å². The minimum atomic E-state index is -0.214. The van der Waals surface area contributed by atoms with Gasteiger partial charge >= 0.3 is 5.97 Å². The largest absolute Gasteiger partial charge is 0.489 e. The molecule has 2 aromatic carbocycles. The standard InChI is InChI=1S/C21H22O3S/c1-13-5-6-16(14(2)7-13)11-24-18-8-15(3)21-17(9-20(22)23-4)12-25-19(21)10-18/h5-8,10,12H,9,11H2,1-4H3. The minimum absolute atomic E-state index is 0.214. The van der Waals surface area contributed by atoms with Gasteiger partial charge in [-0.05, 0) is 65.9 Å². The van der Waals surface area contributed by atoms with Crippen LogP contribution in [0.2, 0.25) is 0 Å². The number of ether oxygens (including phenoxy) is 2. The Balaban J connectivity index is 1.82. The summed E-state index contributed by atoms with van der Waals surface area (Å²) in [4.78, 5) is 11.6. The highest BCUT2D eigenvalue weighted by Crippen LogP contribution is 2.33. The molecule has 0 aliphatic carbocycles. The van der Waals surface area contributed by atoms with E-state index in [0.717, 1.165) is 27.0 Å². The number of esters is 1. The fourth-order valence-electron chi connectivity index (χ4n) is 3.03. The molecule has 1 heterocycles. The summed E-state index contributed by atoms with van der Waals surface area (Å²) in [5.74, 6) is 0.644. The molecule has 0 amide bonds. The molecule has 0 fully saturated rings. The first kappa shape index (κ1) is 17.5. The molecule has 0 aliphatic rings. The zero-order valence-corrected chi connectivity index (χ0v) is 15.8. The van der Waals surface area contributed by atoms with Crippen LogP contribution in [0.4, 0.5) is 0 Å². The van der Waals surface area contributed by atoms with Crippen LogP contribution in [0.5, 0.6) is 5.75 Å². The summed E-state index contributed by atoms with van der Waals surface area (Å²) in [6.45, 7) is 6.81. The molecule has 1 aromatic heterocycles. The average Bonchev–Trinajstić information content (AvgIpc) is 2.97. The van der Waals surface area contributed by atoms with Crippen LogP contribution in [0, 0.1) is 20.8 Å². The van der Waals surface area contributed by atoms with Gasteiger partial charge in [-0.3, -0.25) is 4.79 Å². The Kier molecular flexibility index (Phi) is 5.09. The molecule has 0 radical (unpaired) electrons. The Bertz CT molecular complexity index is 924. The number of fused-ring (bicyclic) bond motifs is 1. The van der Waals surface area contributed by atoms with E-state index in [2.05, 4.69) is 45.0 Å². The molecular formula is C21H22O3S. The molecule has 0 saturated carbocycles. The molecule has 0 bridgehead atoms. The quantitative estimate of drug-likeness (QED) is 0.597. The fraction of sp³-hybridized carbons (Fsp3) is 0.286. The Hall–Kier alpha value is -2.33. The number of carbonyl (C=O) groups is 1. The van der Waals surface area contributed by atoms with E-state index >= 15 is 0 Å². The van der Waals surface area contributed by atoms with E-state index in [-0.39, 0.29) is 5.97 Å². The van der Waals surface area contributed by atoms with Gasteiger partial charge in [-0.1, -0.05) is 23.8 Å². The van der Waals surface area contributed by atoms with Crippen molar-refractivity contribution in [3.63, 3.8) is 0 Å². The maximum absolute atomic E-state index is 11.6. The summed E-state index contributed by atoms with van der Waals surface area (Å²) in [5.41, 5.74) is 5.84. The van der Waals surface area contributed by atoms with Crippen LogP contribution in [0.15, 0.2) is 35.7 Å². The number of rotatable bonds is 5. The number of benzene rings is 2. The van der Waals surface area contributed by atoms with Crippen molar-refractivity contribution in [1.29, 1.82) is 0 Å². The lowest BCUT2D eigenvalue weighted by Gasteiger charge is -2.11. The smallest absolute Gasteiger partial charge is 0.310 e. The van der Waals surface area contributed by atoms with Gasteiger partial charge in [-0.2, -0.15) is 0 Å². The number of methoxy groups -OCH3 is 1. The van der Waals surface area contributed by atoms with Gasteiger partial charge in [-0.25, -0.2) is 0 Å². The van der Waals surface area contributed by atoms with E-state index in [1.807, 2.05) is 11.4 Å². The summed E-state index contributed by atoms with van der Waals surface area (Å²) in [6.07, 6.45) is 0.306. The highest BCUT2D eigenvalue weighted by atomic mass is 32.1. The third kappa shape index (κ3) is 3.85. The number of hydrogen-bond donors (Lipinski definition) is 0. The van der Waals surface area contributed by atoms with Gasteiger partial charge in [0, 0.05) is 4.70 Å². The maximum atomic E-state index is 11.6. The van der Waals surface area contributed by atoms with E-state index in [1.165, 1.54) is 23.8 Å². The van der Waals surface area contributed by atoms with Crippen molar-refractivity contribution >= 4 is 27.4 Å². The molecule has 130 valence electrons. The Morgan fingerprint density at radius 3 is 2.56 bits per heavy atom. The summed E-state index contributed by atoms with van der Waals surface area (Å²) < 4.78 is 11.9. The van der Waals surface area contributed by atoms with Crippen LogP contribution in [-0.2, 0) is 22.6 Å². The monoisotopic (exact) mass is 354 g/mol. The predicted molar refractivity (Wildman–Crippen MR) is 103 cm³/mol. The highest BCUT2D eigenvalue weighted by molar-refractivity contribution is 7.17. The summed E-state index contributed by atoms with van der Waals surface area (Å²) >= 11 is 1.63. The van der Waals surface area contributed by atoms with E-state index in [0.29, 0.717) is 13.0 Å². The van der Waals surface area contributed by atoms with Crippen molar-refractivity contribution < 1.29 is 14.3 Å². The van der Waals surface area contributed by atoms with Crippen LogP contribution in [0.1, 0.15) is 27.8 Å². The molecule has 3 rings (SSSR count). The maximum Gasteiger partial charge on any atom is 0.310 e. The number of thiophene rings is 1. The molecule has 0 aliphatic heterocycles. The van der Waals surface area contributed by atoms with Crippen LogP contribution >= 0.6 is 11.3 Å². The predicted octanol–water partition coefficient (Wildman–Crippen LogP) is 5.12. The second-order valence-corrected chi connectivity index (χ2v) is 7.26. The minimum Gasteiger partial charge on any atom is -0.489 e. The van der Waals surface area contributed by atoms with E-state index in [1.54, 1.807) is 11.3 Å². The molecule has 0 N–H and O–H groups in total. The normalized spacial score (nSPS) is 10.9. The second kappa shape index (κ2) is 7.28. The number of carbonyl (C=O) groups excluding carboxylic acids is 1. The fourth-order valence-corrected chi connectivity index (χ4v) is 4.10.